The maximum Gasteiger partial charge on any atom is 0.254 e. The summed E-state index contributed by atoms with van der Waals surface area (Å²) in [5, 5.41) is 16.0. The molecule has 21 heavy (non-hydrogen) atoms. The molecular formula is C16H21N3O2. The van der Waals surface area contributed by atoms with E-state index in [1.54, 1.807) is 6.20 Å². The molecular weight excluding hydrogens is 266 g/mol. The Balaban J connectivity index is 2.08. The zero-order chi connectivity index (χ0) is 15.2. The van der Waals surface area contributed by atoms with Crippen molar-refractivity contribution in [2.45, 2.75) is 32.9 Å². The molecule has 0 spiro atoms. The number of hydrogen-bond acceptors (Lipinski definition) is 3. The fraction of sp³-hybridized carbons (Fsp3) is 0.375. The fourth-order valence-electron chi connectivity index (χ4n) is 2.15. The Hall–Kier alpha value is -2.14. The van der Waals surface area contributed by atoms with Crippen LogP contribution in [0.15, 0.2) is 36.5 Å². The third-order valence-corrected chi connectivity index (χ3v) is 3.46. The second kappa shape index (κ2) is 7.04. The van der Waals surface area contributed by atoms with Crippen molar-refractivity contribution in [3.05, 3.63) is 53.3 Å². The highest BCUT2D eigenvalue weighted by atomic mass is 16.3. The first-order valence-electron chi connectivity index (χ1n) is 7.10. The zero-order valence-corrected chi connectivity index (χ0v) is 12.4. The molecule has 1 aromatic carbocycles. The average molecular weight is 287 g/mol. The number of carbonyl (C=O) groups is 1. The van der Waals surface area contributed by atoms with Gasteiger partial charge >= 0.3 is 0 Å². The van der Waals surface area contributed by atoms with Crippen LogP contribution in [0.4, 0.5) is 0 Å². The predicted octanol–water partition coefficient (Wildman–Crippen LogP) is 1.74. The smallest absolute Gasteiger partial charge is 0.254 e. The van der Waals surface area contributed by atoms with Crippen LogP contribution < -0.4 is 5.32 Å². The van der Waals surface area contributed by atoms with Gasteiger partial charge in [-0.1, -0.05) is 30.3 Å². The Labute approximate surface area is 124 Å². The molecule has 2 aromatic rings. The van der Waals surface area contributed by atoms with Crippen LogP contribution in [0.25, 0.3) is 0 Å². The van der Waals surface area contributed by atoms with Crippen molar-refractivity contribution in [3.8, 4) is 0 Å². The second-order valence-corrected chi connectivity index (χ2v) is 5.17. The highest BCUT2D eigenvalue weighted by molar-refractivity contribution is 5.95. The van der Waals surface area contributed by atoms with Gasteiger partial charge in [0.05, 0.1) is 18.3 Å². The number of rotatable bonds is 6. The highest BCUT2D eigenvalue weighted by Gasteiger charge is 2.16. The molecule has 5 heteroatoms. The van der Waals surface area contributed by atoms with Gasteiger partial charge in [-0.2, -0.15) is 5.10 Å². The van der Waals surface area contributed by atoms with Gasteiger partial charge in [0.2, 0.25) is 0 Å². The third kappa shape index (κ3) is 3.92. The quantitative estimate of drug-likeness (QED) is 0.850. The van der Waals surface area contributed by atoms with E-state index in [9.17, 15) is 4.79 Å². The van der Waals surface area contributed by atoms with Crippen molar-refractivity contribution >= 4 is 5.91 Å². The van der Waals surface area contributed by atoms with E-state index in [0.717, 1.165) is 11.3 Å². The summed E-state index contributed by atoms with van der Waals surface area (Å²) < 4.78 is 1.82. The number of carbonyl (C=O) groups excluding carboxylic acids is 1. The molecule has 1 heterocycles. The fourth-order valence-corrected chi connectivity index (χ4v) is 2.15. The van der Waals surface area contributed by atoms with Crippen LogP contribution in [0.2, 0.25) is 0 Å². The molecule has 0 fully saturated rings. The number of aliphatic hydroxyl groups excluding tert-OH is 1. The van der Waals surface area contributed by atoms with Crippen LogP contribution in [0.1, 0.15) is 35.0 Å². The van der Waals surface area contributed by atoms with Gasteiger partial charge in [0, 0.05) is 18.3 Å². The number of aromatic nitrogens is 2. The van der Waals surface area contributed by atoms with Crippen LogP contribution in [0, 0.1) is 6.92 Å². The molecule has 0 aliphatic rings. The van der Waals surface area contributed by atoms with E-state index in [4.69, 9.17) is 5.11 Å². The Morgan fingerprint density at radius 2 is 2.10 bits per heavy atom. The minimum absolute atomic E-state index is 0.0561. The Kier molecular flexibility index (Phi) is 5.11. The summed E-state index contributed by atoms with van der Waals surface area (Å²) in [5.41, 5.74) is 2.56. The summed E-state index contributed by atoms with van der Waals surface area (Å²) in [7, 11) is 0. The van der Waals surface area contributed by atoms with Crippen LogP contribution in [-0.2, 0) is 6.54 Å². The molecule has 1 atom stereocenters. The van der Waals surface area contributed by atoms with Gasteiger partial charge in [0.1, 0.15) is 0 Å². The van der Waals surface area contributed by atoms with E-state index < -0.39 is 0 Å². The van der Waals surface area contributed by atoms with Crippen LogP contribution >= 0.6 is 0 Å². The molecule has 0 saturated heterocycles. The largest absolute Gasteiger partial charge is 0.396 e. The maximum atomic E-state index is 12.2. The van der Waals surface area contributed by atoms with Crippen molar-refractivity contribution in [1.29, 1.82) is 0 Å². The normalized spacial score (nSPS) is 12.1. The minimum atomic E-state index is -0.146. The topological polar surface area (TPSA) is 67.2 Å². The van der Waals surface area contributed by atoms with Gasteiger partial charge in [-0.15, -0.1) is 0 Å². The van der Waals surface area contributed by atoms with Gasteiger partial charge in [0.15, 0.2) is 0 Å². The molecule has 2 rings (SSSR count). The molecule has 0 aliphatic heterocycles. The molecule has 1 amide bonds. The summed E-state index contributed by atoms with van der Waals surface area (Å²) in [6.07, 6.45) is 2.14. The summed E-state index contributed by atoms with van der Waals surface area (Å²) in [6, 6.07) is 9.95. The summed E-state index contributed by atoms with van der Waals surface area (Å²) >= 11 is 0. The number of benzene rings is 1. The van der Waals surface area contributed by atoms with E-state index in [1.165, 1.54) is 0 Å². The predicted molar refractivity (Wildman–Crippen MR) is 81.1 cm³/mol. The molecule has 0 bridgehead atoms. The summed E-state index contributed by atoms with van der Waals surface area (Å²) in [4.78, 5) is 12.2. The van der Waals surface area contributed by atoms with Gasteiger partial charge < -0.3 is 10.4 Å². The monoisotopic (exact) mass is 287 g/mol. The minimum Gasteiger partial charge on any atom is -0.396 e. The molecule has 0 radical (unpaired) electrons. The van der Waals surface area contributed by atoms with Gasteiger partial charge in [-0.3, -0.25) is 9.48 Å². The number of amides is 1. The summed E-state index contributed by atoms with van der Waals surface area (Å²) in [5.74, 6) is -0.146. The van der Waals surface area contributed by atoms with Gasteiger partial charge in [-0.25, -0.2) is 0 Å². The van der Waals surface area contributed by atoms with Crippen molar-refractivity contribution in [2.24, 2.45) is 0 Å². The van der Waals surface area contributed by atoms with E-state index in [-0.39, 0.29) is 18.6 Å². The Morgan fingerprint density at radius 3 is 2.76 bits per heavy atom. The first-order valence-corrected chi connectivity index (χ1v) is 7.10. The van der Waals surface area contributed by atoms with E-state index in [1.807, 2.05) is 48.9 Å². The maximum absolute atomic E-state index is 12.2. The van der Waals surface area contributed by atoms with Gasteiger partial charge in [0.25, 0.3) is 5.91 Å². The molecule has 0 saturated carbocycles. The van der Waals surface area contributed by atoms with Crippen LogP contribution in [0.5, 0.6) is 0 Å². The first kappa shape index (κ1) is 15.3. The lowest BCUT2D eigenvalue weighted by Gasteiger charge is -2.12. The Bertz CT molecular complexity index is 593. The lowest BCUT2D eigenvalue weighted by Crippen LogP contribution is -2.33. The molecule has 5 nitrogen and oxygen atoms in total. The average Bonchev–Trinajstić information content (AvgIpc) is 2.81. The standard InChI is InChI=1S/C16H21N3O2/c1-12(8-9-20)18-16(21)15-10-17-19(13(15)2)11-14-6-4-3-5-7-14/h3-7,10,12,20H,8-9,11H2,1-2H3,(H,18,21)/t12-/m1/s1. The molecule has 1 aromatic heterocycles. The molecule has 0 unspecified atom stereocenters. The van der Waals surface area contributed by atoms with Crippen molar-refractivity contribution < 1.29 is 9.90 Å². The van der Waals surface area contributed by atoms with E-state index in [2.05, 4.69) is 10.4 Å². The summed E-state index contributed by atoms with van der Waals surface area (Å²) in [6.45, 7) is 4.47. The number of aliphatic hydroxyl groups is 1. The first-order chi connectivity index (χ1) is 10.1. The number of nitrogens with one attached hydrogen (secondary N) is 1. The van der Waals surface area contributed by atoms with Crippen molar-refractivity contribution in [3.63, 3.8) is 0 Å². The van der Waals surface area contributed by atoms with Crippen molar-refractivity contribution in [1.82, 2.24) is 15.1 Å². The van der Waals surface area contributed by atoms with Gasteiger partial charge in [-0.05, 0) is 25.8 Å². The zero-order valence-electron chi connectivity index (χ0n) is 12.4. The SMILES string of the molecule is Cc1c(C(=O)N[C@H](C)CCO)cnn1Cc1ccccc1. The van der Waals surface area contributed by atoms with Crippen molar-refractivity contribution in [2.75, 3.05) is 6.61 Å². The number of nitrogens with zero attached hydrogens (tertiary/aromatic N) is 2. The second-order valence-electron chi connectivity index (χ2n) is 5.17. The van der Waals surface area contributed by atoms with E-state index in [0.29, 0.717) is 18.5 Å². The third-order valence-electron chi connectivity index (χ3n) is 3.46. The Morgan fingerprint density at radius 1 is 1.38 bits per heavy atom. The molecule has 112 valence electrons. The van der Waals surface area contributed by atoms with E-state index >= 15 is 0 Å². The molecule has 0 aliphatic carbocycles. The lowest BCUT2D eigenvalue weighted by molar-refractivity contribution is 0.0933. The lowest BCUT2D eigenvalue weighted by atomic mass is 10.2. The highest BCUT2D eigenvalue weighted by Crippen LogP contribution is 2.10. The molecule has 2 N–H and O–H groups in total. The van der Waals surface area contributed by atoms with Crippen LogP contribution in [0.3, 0.4) is 0 Å². The van der Waals surface area contributed by atoms with Crippen LogP contribution in [-0.4, -0.2) is 33.4 Å². The number of hydrogen-bond donors (Lipinski definition) is 2.